The average molecular weight is 447 g/mol. The smallest absolute Gasteiger partial charge is 0.340 e. The normalized spacial score (nSPS) is 18.9. The van der Waals surface area contributed by atoms with Gasteiger partial charge in [-0.3, -0.25) is 14.9 Å². The molecule has 0 unspecified atom stereocenters. The molecule has 1 heterocycles. The van der Waals surface area contributed by atoms with Gasteiger partial charge in [-0.15, -0.1) is 0 Å². The largest absolute Gasteiger partial charge is 0.467 e. The maximum Gasteiger partial charge on any atom is 0.340 e. The summed E-state index contributed by atoms with van der Waals surface area (Å²) in [5, 5.41) is 26.8. The van der Waals surface area contributed by atoms with E-state index < -0.39 is 27.9 Å². The lowest BCUT2D eigenvalue weighted by Gasteiger charge is -2.43. The van der Waals surface area contributed by atoms with E-state index >= 15 is 0 Å². The zero-order valence-electron chi connectivity index (χ0n) is 17.9. The second kappa shape index (κ2) is 8.03. The molecule has 168 valence electrons. The first-order valence-corrected chi connectivity index (χ1v) is 10.0. The van der Waals surface area contributed by atoms with Gasteiger partial charge in [-0.1, -0.05) is 48.5 Å². The Labute approximate surface area is 189 Å². The molecule has 33 heavy (non-hydrogen) atoms. The van der Waals surface area contributed by atoms with E-state index in [2.05, 4.69) is 5.32 Å². The maximum absolute atomic E-state index is 13.7. The van der Waals surface area contributed by atoms with Crippen LogP contribution in [-0.4, -0.2) is 36.1 Å². The summed E-state index contributed by atoms with van der Waals surface area (Å²) in [5.41, 5.74) is -4.25. The van der Waals surface area contributed by atoms with Crippen molar-refractivity contribution in [1.82, 2.24) is 0 Å². The van der Waals surface area contributed by atoms with Crippen molar-refractivity contribution in [2.75, 3.05) is 24.4 Å². The Morgan fingerprint density at radius 3 is 2.27 bits per heavy atom. The molecule has 1 aliphatic heterocycles. The van der Waals surface area contributed by atoms with Crippen molar-refractivity contribution in [2.45, 2.75) is 11.1 Å². The highest BCUT2D eigenvalue weighted by molar-refractivity contribution is 6.12. The molecule has 0 radical (unpaired) electrons. The number of nitrogens with one attached hydrogen (secondary N) is 1. The molecule has 1 amide bonds. The van der Waals surface area contributed by atoms with E-state index in [4.69, 9.17) is 4.74 Å². The average Bonchev–Trinajstić information content (AvgIpc) is 3.04. The Balaban J connectivity index is 2.10. The van der Waals surface area contributed by atoms with Crippen LogP contribution < -0.4 is 10.2 Å². The summed E-state index contributed by atoms with van der Waals surface area (Å²) < 4.78 is 5.13. The number of benzene rings is 3. The number of carbonyl (C=O) groups excluding carboxylic acids is 2. The fraction of sp³-hybridized carbons (Fsp3) is 0.167. The van der Waals surface area contributed by atoms with Crippen LogP contribution in [0.1, 0.15) is 11.1 Å². The Bertz CT molecular complexity index is 1230. The minimum absolute atomic E-state index is 0.0816. The van der Waals surface area contributed by atoms with Crippen LogP contribution in [0.5, 0.6) is 0 Å². The molecule has 3 aromatic rings. The molecule has 0 bridgehead atoms. The van der Waals surface area contributed by atoms with E-state index in [1.165, 1.54) is 24.1 Å². The number of nitro benzene ring substituents is 1. The van der Waals surface area contributed by atoms with Gasteiger partial charge in [0.1, 0.15) is 0 Å². The van der Waals surface area contributed by atoms with Crippen LogP contribution >= 0.6 is 0 Å². The molecule has 2 N–H and O–H groups in total. The maximum atomic E-state index is 13.7. The van der Waals surface area contributed by atoms with Crippen LogP contribution in [0.2, 0.25) is 0 Å². The van der Waals surface area contributed by atoms with Crippen molar-refractivity contribution < 1.29 is 24.4 Å². The van der Waals surface area contributed by atoms with Gasteiger partial charge >= 0.3 is 5.97 Å². The third-order valence-corrected chi connectivity index (χ3v) is 5.90. The summed E-state index contributed by atoms with van der Waals surface area (Å²) in [7, 11) is 2.58. The van der Waals surface area contributed by atoms with Crippen molar-refractivity contribution in [1.29, 1.82) is 0 Å². The number of nitrogens with zero attached hydrogens (tertiary/aromatic N) is 2. The molecule has 0 aliphatic carbocycles. The quantitative estimate of drug-likeness (QED) is 0.338. The predicted molar refractivity (Wildman–Crippen MR) is 121 cm³/mol. The minimum atomic E-state index is -2.58. The molecular formula is C24H21N3O6. The predicted octanol–water partition coefficient (Wildman–Crippen LogP) is 2.94. The number of esters is 1. The van der Waals surface area contributed by atoms with E-state index in [1.54, 1.807) is 60.7 Å². The van der Waals surface area contributed by atoms with Crippen LogP contribution in [0, 0.1) is 10.1 Å². The zero-order chi connectivity index (χ0) is 23.8. The summed E-state index contributed by atoms with van der Waals surface area (Å²) in [5.74, 6) is -1.78. The van der Waals surface area contributed by atoms with E-state index in [0.717, 1.165) is 13.2 Å². The lowest BCUT2D eigenvalue weighted by atomic mass is 9.70. The molecule has 1 aliphatic rings. The molecule has 0 fully saturated rings. The van der Waals surface area contributed by atoms with Crippen LogP contribution in [0.25, 0.3) is 0 Å². The van der Waals surface area contributed by atoms with Crippen LogP contribution in [0.4, 0.5) is 17.1 Å². The van der Waals surface area contributed by atoms with E-state index in [9.17, 15) is 24.8 Å². The summed E-state index contributed by atoms with van der Waals surface area (Å²) in [6.45, 7) is 0. The van der Waals surface area contributed by atoms with Gasteiger partial charge in [-0.05, 0) is 23.8 Å². The first kappa shape index (κ1) is 22.0. The fourth-order valence-corrected chi connectivity index (χ4v) is 4.32. The zero-order valence-corrected chi connectivity index (χ0v) is 17.9. The summed E-state index contributed by atoms with van der Waals surface area (Å²) in [6.07, 6.45) is 0. The first-order chi connectivity index (χ1) is 15.8. The molecular weight excluding hydrogens is 426 g/mol. The van der Waals surface area contributed by atoms with Crippen molar-refractivity contribution in [3.05, 3.63) is 100 Å². The number of hydrogen-bond donors (Lipinski definition) is 2. The lowest BCUT2D eigenvalue weighted by molar-refractivity contribution is -0.385. The third-order valence-electron chi connectivity index (χ3n) is 5.90. The molecule has 0 saturated carbocycles. The number of ether oxygens (including phenoxy) is 1. The highest BCUT2D eigenvalue weighted by atomic mass is 16.6. The van der Waals surface area contributed by atoms with Gasteiger partial charge in [0.05, 0.1) is 17.7 Å². The SMILES string of the molecule is COC(=O)[C@@](Nc1ccccc1)(c1ccccc1)[C@]1(O)C(=O)N(C)c2ccc([N+](=O)[O-])cc21. The molecule has 0 saturated heterocycles. The molecule has 2 atom stereocenters. The number of hydrogen-bond acceptors (Lipinski definition) is 7. The van der Waals surface area contributed by atoms with Crippen LogP contribution in [-0.2, 0) is 25.5 Å². The van der Waals surface area contributed by atoms with Gasteiger partial charge in [0.2, 0.25) is 11.1 Å². The van der Waals surface area contributed by atoms with Crippen molar-refractivity contribution in [2.24, 2.45) is 0 Å². The Morgan fingerprint density at radius 2 is 1.70 bits per heavy atom. The Hall–Kier alpha value is -4.24. The molecule has 3 aromatic carbocycles. The topological polar surface area (TPSA) is 122 Å². The van der Waals surface area contributed by atoms with Crippen molar-refractivity contribution in [3.8, 4) is 0 Å². The lowest BCUT2D eigenvalue weighted by Crippen LogP contribution is -2.63. The van der Waals surface area contributed by atoms with Gasteiger partial charge in [0, 0.05) is 30.4 Å². The number of likely N-dealkylation sites (N-methyl/N-ethyl adjacent to an activating group) is 1. The standard InChI is InChI=1S/C24H21N3O6/c1-26-20-14-13-18(27(31)32)15-19(20)24(30,21(26)28)23(22(29)33-2,16-9-5-3-6-10-16)25-17-11-7-4-8-12-17/h3-15,25,30H,1-2H3/t23-,24+/m0/s1. The highest BCUT2D eigenvalue weighted by Crippen LogP contribution is 2.52. The number of para-hydroxylation sites is 1. The van der Waals surface area contributed by atoms with Gasteiger partial charge in [0.25, 0.3) is 11.6 Å². The second-order valence-electron chi connectivity index (χ2n) is 7.63. The summed E-state index contributed by atoms with van der Waals surface area (Å²) in [4.78, 5) is 39.3. The Kier molecular flexibility index (Phi) is 5.35. The minimum Gasteiger partial charge on any atom is -0.467 e. The second-order valence-corrected chi connectivity index (χ2v) is 7.63. The number of nitro groups is 1. The number of rotatable bonds is 6. The molecule has 0 spiro atoms. The molecule has 0 aromatic heterocycles. The number of non-ortho nitro benzene ring substituents is 1. The number of aliphatic hydroxyl groups is 1. The number of methoxy groups -OCH3 is 1. The van der Waals surface area contributed by atoms with E-state index in [0.29, 0.717) is 5.69 Å². The summed E-state index contributed by atoms with van der Waals surface area (Å²) in [6, 6.07) is 20.5. The summed E-state index contributed by atoms with van der Waals surface area (Å²) >= 11 is 0. The van der Waals surface area contributed by atoms with Crippen LogP contribution in [0.3, 0.4) is 0 Å². The van der Waals surface area contributed by atoms with Gasteiger partial charge in [-0.25, -0.2) is 4.79 Å². The van der Waals surface area contributed by atoms with Crippen LogP contribution in [0.15, 0.2) is 78.9 Å². The monoisotopic (exact) mass is 447 g/mol. The number of fused-ring (bicyclic) bond motifs is 1. The van der Waals surface area contributed by atoms with E-state index in [1.807, 2.05) is 0 Å². The van der Waals surface area contributed by atoms with Crippen molar-refractivity contribution in [3.63, 3.8) is 0 Å². The number of anilines is 2. The number of carbonyl (C=O) groups is 2. The first-order valence-electron chi connectivity index (χ1n) is 10.0. The van der Waals surface area contributed by atoms with E-state index in [-0.39, 0.29) is 22.5 Å². The fourth-order valence-electron chi connectivity index (χ4n) is 4.32. The third kappa shape index (κ3) is 3.13. The molecule has 4 rings (SSSR count). The Morgan fingerprint density at radius 1 is 1.09 bits per heavy atom. The number of amides is 1. The highest BCUT2D eigenvalue weighted by Gasteiger charge is 2.68. The van der Waals surface area contributed by atoms with Crippen molar-refractivity contribution >= 4 is 28.9 Å². The molecule has 9 nitrogen and oxygen atoms in total. The van der Waals surface area contributed by atoms with Gasteiger partial charge < -0.3 is 20.1 Å². The van der Waals surface area contributed by atoms with Gasteiger partial charge in [-0.2, -0.15) is 0 Å². The van der Waals surface area contributed by atoms with Gasteiger partial charge in [0.15, 0.2) is 0 Å². The molecule has 9 heteroatoms.